The molecule has 1 amide bonds. The molecule has 1 aromatic carbocycles. The van der Waals surface area contributed by atoms with Gasteiger partial charge in [0.05, 0.1) is 17.7 Å². The van der Waals surface area contributed by atoms with Crippen molar-refractivity contribution in [1.29, 1.82) is 0 Å². The summed E-state index contributed by atoms with van der Waals surface area (Å²) in [6, 6.07) is 3.79. The first-order valence-electron chi connectivity index (χ1n) is 5.39. The molecule has 1 aromatic rings. The van der Waals surface area contributed by atoms with Crippen LogP contribution in [0.25, 0.3) is 0 Å². The van der Waals surface area contributed by atoms with Gasteiger partial charge in [-0.1, -0.05) is 27.5 Å². The Hall–Kier alpha value is -0.650. The van der Waals surface area contributed by atoms with Crippen molar-refractivity contribution in [1.82, 2.24) is 5.32 Å². The summed E-state index contributed by atoms with van der Waals surface area (Å²) < 4.78 is 18.0. The van der Waals surface area contributed by atoms with Gasteiger partial charge in [-0.2, -0.15) is 0 Å². The fourth-order valence-corrected chi connectivity index (χ4v) is 2.17. The van der Waals surface area contributed by atoms with Gasteiger partial charge in [-0.3, -0.25) is 4.79 Å². The molecule has 0 aliphatic heterocycles. The number of benzene rings is 1. The van der Waals surface area contributed by atoms with Gasteiger partial charge >= 0.3 is 0 Å². The second-order valence-corrected chi connectivity index (χ2v) is 4.93. The van der Waals surface area contributed by atoms with Crippen molar-refractivity contribution in [3.8, 4) is 0 Å². The number of hydrogen-bond donors (Lipinski definition) is 1. The lowest BCUT2D eigenvalue weighted by molar-refractivity contribution is 0.0895. The van der Waals surface area contributed by atoms with Crippen molar-refractivity contribution in [2.24, 2.45) is 0 Å². The molecular weight excluding hydrogens is 324 g/mol. The molecule has 0 aliphatic rings. The minimum atomic E-state index is -0.540. The van der Waals surface area contributed by atoms with Gasteiger partial charge in [0.2, 0.25) is 0 Å². The first kappa shape index (κ1) is 15.4. The van der Waals surface area contributed by atoms with Crippen molar-refractivity contribution < 1.29 is 13.9 Å². The Kier molecular flexibility index (Phi) is 6.60. The number of nitrogens with one attached hydrogen (secondary N) is 1. The van der Waals surface area contributed by atoms with Gasteiger partial charge in [-0.25, -0.2) is 4.39 Å². The summed E-state index contributed by atoms with van der Waals surface area (Å²) in [5, 5.41) is 3.50. The third-order valence-corrected chi connectivity index (χ3v) is 3.09. The largest absolute Gasteiger partial charge is 0.383 e. The van der Waals surface area contributed by atoms with Crippen LogP contribution < -0.4 is 5.32 Å². The molecule has 0 fully saturated rings. The second kappa shape index (κ2) is 7.71. The summed E-state index contributed by atoms with van der Waals surface area (Å²) >= 11 is 8.94. The smallest absolute Gasteiger partial charge is 0.251 e. The predicted octanol–water partition coefficient (Wildman–Crippen LogP) is 3.01. The summed E-state index contributed by atoms with van der Waals surface area (Å²) in [7, 11) is 1.57. The van der Waals surface area contributed by atoms with Crippen LogP contribution in [-0.2, 0) is 4.74 Å². The zero-order valence-electron chi connectivity index (χ0n) is 9.88. The molecule has 1 rings (SSSR count). The molecule has 0 bridgehead atoms. The number of alkyl halides is 1. The molecule has 0 aromatic heterocycles. The summed E-state index contributed by atoms with van der Waals surface area (Å²) in [4.78, 5) is 11.9. The highest BCUT2D eigenvalue weighted by atomic mass is 79.9. The first-order chi connectivity index (χ1) is 8.58. The van der Waals surface area contributed by atoms with Crippen LogP contribution in [0.1, 0.15) is 16.8 Å². The monoisotopic (exact) mass is 337 g/mol. The highest BCUT2D eigenvalue weighted by molar-refractivity contribution is 9.09. The van der Waals surface area contributed by atoms with Crippen LogP contribution in [0.3, 0.4) is 0 Å². The molecule has 1 unspecified atom stereocenters. The maximum absolute atomic E-state index is 13.0. The maximum atomic E-state index is 13.0. The molecule has 0 spiro atoms. The van der Waals surface area contributed by atoms with E-state index in [4.69, 9.17) is 16.3 Å². The SMILES string of the molecule is COCC(CCBr)NC(=O)c1ccc(F)c(Cl)c1. The molecule has 0 heterocycles. The number of hydrogen-bond acceptors (Lipinski definition) is 2. The van der Waals surface area contributed by atoms with Crippen LogP contribution in [0.15, 0.2) is 18.2 Å². The number of amides is 1. The lowest BCUT2D eigenvalue weighted by Gasteiger charge is -2.16. The molecule has 100 valence electrons. The molecule has 18 heavy (non-hydrogen) atoms. The molecular formula is C12H14BrClFNO2. The summed E-state index contributed by atoms with van der Waals surface area (Å²) in [6.45, 7) is 0.423. The number of carbonyl (C=O) groups is 1. The normalized spacial score (nSPS) is 12.2. The van der Waals surface area contributed by atoms with E-state index in [-0.39, 0.29) is 17.0 Å². The zero-order chi connectivity index (χ0) is 13.5. The van der Waals surface area contributed by atoms with E-state index < -0.39 is 5.82 Å². The van der Waals surface area contributed by atoms with Gasteiger partial charge in [-0.05, 0) is 24.6 Å². The van der Waals surface area contributed by atoms with Gasteiger partial charge in [0.15, 0.2) is 0 Å². The van der Waals surface area contributed by atoms with E-state index in [1.165, 1.54) is 18.2 Å². The van der Waals surface area contributed by atoms with Gasteiger partial charge in [-0.15, -0.1) is 0 Å². The van der Waals surface area contributed by atoms with Gasteiger partial charge in [0.1, 0.15) is 5.82 Å². The lowest BCUT2D eigenvalue weighted by Crippen LogP contribution is -2.38. The molecule has 1 N–H and O–H groups in total. The average molecular weight is 339 g/mol. The van der Waals surface area contributed by atoms with Crippen molar-refractivity contribution in [2.75, 3.05) is 19.0 Å². The molecule has 0 radical (unpaired) electrons. The molecule has 0 aliphatic carbocycles. The Labute approximate surface area is 119 Å². The lowest BCUT2D eigenvalue weighted by atomic mass is 10.1. The molecule has 1 atom stereocenters. The Balaban J connectivity index is 2.70. The summed E-state index contributed by atoms with van der Waals surface area (Å²) in [6.07, 6.45) is 0.745. The molecule has 0 saturated carbocycles. The van der Waals surface area contributed by atoms with E-state index in [1.807, 2.05) is 0 Å². The number of methoxy groups -OCH3 is 1. The van der Waals surface area contributed by atoms with Crippen LogP contribution in [-0.4, -0.2) is 31.0 Å². The van der Waals surface area contributed by atoms with Crippen LogP contribution >= 0.6 is 27.5 Å². The van der Waals surface area contributed by atoms with E-state index in [0.717, 1.165) is 11.8 Å². The van der Waals surface area contributed by atoms with Crippen molar-refractivity contribution in [2.45, 2.75) is 12.5 Å². The fourth-order valence-electron chi connectivity index (χ4n) is 1.44. The van der Waals surface area contributed by atoms with E-state index in [9.17, 15) is 9.18 Å². The van der Waals surface area contributed by atoms with Gasteiger partial charge in [0, 0.05) is 18.0 Å². The van der Waals surface area contributed by atoms with Gasteiger partial charge < -0.3 is 10.1 Å². The van der Waals surface area contributed by atoms with Crippen LogP contribution in [0.5, 0.6) is 0 Å². The Bertz CT molecular complexity index is 411. The van der Waals surface area contributed by atoms with Crippen molar-refractivity contribution in [3.05, 3.63) is 34.6 Å². The number of halogens is 3. The third kappa shape index (κ3) is 4.55. The number of carbonyl (C=O) groups excluding carboxylic acids is 1. The average Bonchev–Trinajstić information content (AvgIpc) is 2.33. The van der Waals surface area contributed by atoms with Crippen LogP contribution in [0, 0.1) is 5.82 Å². The minimum Gasteiger partial charge on any atom is -0.383 e. The van der Waals surface area contributed by atoms with E-state index in [0.29, 0.717) is 12.2 Å². The maximum Gasteiger partial charge on any atom is 0.251 e. The van der Waals surface area contributed by atoms with Crippen molar-refractivity contribution in [3.63, 3.8) is 0 Å². The van der Waals surface area contributed by atoms with Crippen molar-refractivity contribution >= 4 is 33.4 Å². The van der Waals surface area contributed by atoms with E-state index in [1.54, 1.807) is 7.11 Å². The van der Waals surface area contributed by atoms with E-state index in [2.05, 4.69) is 21.2 Å². The number of rotatable bonds is 6. The van der Waals surface area contributed by atoms with Crippen LogP contribution in [0.2, 0.25) is 5.02 Å². The third-order valence-electron chi connectivity index (χ3n) is 2.34. The standard InChI is InChI=1S/C12H14BrClFNO2/c1-18-7-9(4-5-13)16-12(17)8-2-3-11(15)10(14)6-8/h2-3,6,9H,4-5,7H2,1H3,(H,16,17). The quantitative estimate of drug-likeness (QED) is 0.810. The fraction of sp³-hybridized carbons (Fsp3) is 0.417. The topological polar surface area (TPSA) is 38.3 Å². The first-order valence-corrected chi connectivity index (χ1v) is 6.89. The highest BCUT2D eigenvalue weighted by Crippen LogP contribution is 2.16. The summed E-state index contributed by atoms with van der Waals surface area (Å²) in [5.74, 6) is -0.831. The summed E-state index contributed by atoms with van der Waals surface area (Å²) in [5.41, 5.74) is 0.331. The Morgan fingerprint density at radius 2 is 2.33 bits per heavy atom. The number of ether oxygens (including phenoxy) is 1. The molecule has 3 nitrogen and oxygen atoms in total. The Morgan fingerprint density at radius 1 is 1.61 bits per heavy atom. The Morgan fingerprint density at radius 3 is 2.89 bits per heavy atom. The predicted molar refractivity (Wildman–Crippen MR) is 73.0 cm³/mol. The molecule has 0 saturated heterocycles. The van der Waals surface area contributed by atoms with Gasteiger partial charge in [0.25, 0.3) is 5.91 Å². The van der Waals surface area contributed by atoms with Crippen LogP contribution in [0.4, 0.5) is 4.39 Å². The van der Waals surface area contributed by atoms with E-state index >= 15 is 0 Å². The minimum absolute atomic E-state index is 0.0635. The zero-order valence-corrected chi connectivity index (χ0v) is 12.2. The molecule has 6 heteroatoms. The highest BCUT2D eigenvalue weighted by Gasteiger charge is 2.14. The second-order valence-electron chi connectivity index (χ2n) is 3.73.